The standard InChI is InChI=1S/C12H17NO3/c1-2-11(14)13-10(12(15)16)8-9-6-4-3-5-7-9/h3-7,10-11,13-14H,2,8H2,1H3,(H,15,16)/t10-,11?/m0/s1. The molecule has 4 heteroatoms. The van der Waals surface area contributed by atoms with Crippen LogP contribution in [0.1, 0.15) is 18.9 Å². The van der Waals surface area contributed by atoms with Crippen LogP contribution in [0.25, 0.3) is 0 Å². The van der Waals surface area contributed by atoms with Gasteiger partial charge in [-0.3, -0.25) is 10.1 Å². The van der Waals surface area contributed by atoms with Crippen LogP contribution in [0.5, 0.6) is 0 Å². The number of carboxylic acids is 1. The van der Waals surface area contributed by atoms with E-state index in [9.17, 15) is 9.90 Å². The maximum atomic E-state index is 11.0. The molecular formula is C12H17NO3. The zero-order chi connectivity index (χ0) is 12.0. The highest BCUT2D eigenvalue weighted by Crippen LogP contribution is 2.04. The molecule has 0 aliphatic heterocycles. The molecule has 0 saturated heterocycles. The smallest absolute Gasteiger partial charge is 0.321 e. The van der Waals surface area contributed by atoms with Crippen molar-refractivity contribution in [3.8, 4) is 0 Å². The number of rotatable bonds is 6. The number of nitrogens with one attached hydrogen (secondary N) is 1. The molecule has 0 bridgehead atoms. The first-order chi connectivity index (χ1) is 7.63. The Balaban J connectivity index is 2.62. The second-order valence-corrected chi connectivity index (χ2v) is 3.67. The van der Waals surface area contributed by atoms with Crippen molar-refractivity contribution in [3.63, 3.8) is 0 Å². The predicted molar refractivity (Wildman–Crippen MR) is 61.0 cm³/mol. The molecule has 1 aromatic rings. The summed E-state index contributed by atoms with van der Waals surface area (Å²) in [7, 11) is 0. The minimum Gasteiger partial charge on any atom is -0.480 e. The molecule has 88 valence electrons. The highest BCUT2D eigenvalue weighted by molar-refractivity contribution is 5.73. The fraction of sp³-hybridized carbons (Fsp3) is 0.417. The second-order valence-electron chi connectivity index (χ2n) is 3.67. The molecule has 1 rings (SSSR count). The summed E-state index contributed by atoms with van der Waals surface area (Å²) in [6.45, 7) is 1.79. The van der Waals surface area contributed by atoms with Crippen LogP contribution in [-0.4, -0.2) is 28.5 Å². The molecule has 0 radical (unpaired) electrons. The molecule has 0 fully saturated rings. The normalized spacial score (nSPS) is 14.4. The van der Waals surface area contributed by atoms with Crippen molar-refractivity contribution in [3.05, 3.63) is 35.9 Å². The fourth-order valence-electron chi connectivity index (χ4n) is 1.42. The summed E-state index contributed by atoms with van der Waals surface area (Å²) >= 11 is 0. The zero-order valence-corrected chi connectivity index (χ0v) is 9.26. The Bertz CT molecular complexity index is 326. The fourth-order valence-corrected chi connectivity index (χ4v) is 1.42. The quantitative estimate of drug-likeness (QED) is 0.629. The third kappa shape index (κ3) is 4.00. The van der Waals surface area contributed by atoms with Crippen LogP contribution in [0.4, 0.5) is 0 Å². The number of hydrogen-bond acceptors (Lipinski definition) is 3. The molecule has 0 saturated carbocycles. The van der Waals surface area contributed by atoms with Gasteiger partial charge in [0, 0.05) is 0 Å². The summed E-state index contributed by atoms with van der Waals surface area (Å²) in [5.74, 6) is -0.948. The van der Waals surface area contributed by atoms with Gasteiger partial charge in [0.15, 0.2) is 0 Å². The maximum Gasteiger partial charge on any atom is 0.321 e. The number of aliphatic carboxylic acids is 1. The van der Waals surface area contributed by atoms with Gasteiger partial charge in [0.1, 0.15) is 12.3 Å². The van der Waals surface area contributed by atoms with E-state index in [-0.39, 0.29) is 0 Å². The molecule has 1 aromatic carbocycles. The summed E-state index contributed by atoms with van der Waals surface area (Å²) in [5.41, 5.74) is 0.936. The number of carboxylic acid groups (broad SMARTS) is 1. The van der Waals surface area contributed by atoms with Crippen molar-refractivity contribution in [1.29, 1.82) is 0 Å². The van der Waals surface area contributed by atoms with E-state index in [0.29, 0.717) is 12.8 Å². The highest BCUT2D eigenvalue weighted by atomic mass is 16.4. The first-order valence-corrected chi connectivity index (χ1v) is 5.34. The van der Waals surface area contributed by atoms with E-state index in [0.717, 1.165) is 5.56 Å². The lowest BCUT2D eigenvalue weighted by molar-refractivity contribution is -0.140. The topological polar surface area (TPSA) is 69.6 Å². The summed E-state index contributed by atoms with van der Waals surface area (Å²) < 4.78 is 0. The van der Waals surface area contributed by atoms with Crippen LogP contribution in [0.3, 0.4) is 0 Å². The first-order valence-electron chi connectivity index (χ1n) is 5.34. The Morgan fingerprint density at radius 2 is 2.00 bits per heavy atom. The van der Waals surface area contributed by atoms with E-state index in [4.69, 9.17) is 5.11 Å². The van der Waals surface area contributed by atoms with Crippen LogP contribution in [-0.2, 0) is 11.2 Å². The number of carbonyl (C=O) groups is 1. The van der Waals surface area contributed by atoms with Gasteiger partial charge in [0.2, 0.25) is 0 Å². The van der Waals surface area contributed by atoms with Gasteiger partial charge in [-0.05, 0) is 18.4 Å². The molecule has 0 spiro atoms. The molecule has 0 heterocycles. The number of aliphatic hydroxyl groups is 1. The van der Waals surface area contributed by atoms with E-state index < -0.39 is 18.2 Å². The van der Waals surface area contributed by atoms with Crippen molar-refractivity contribution in [2.75, 3.05) is 0 Å². The van der Waals surface area contributed by atoms with Gasteiger partial charge in [-0.1, -0.05) is 37.3 Å². The van der Waals surface area contributed by atoms with E-state index in [2.05, 4.69) is 5.32 Å². The average molecular weight is 223 g/mol. The molecule has 4 nitrogen and oxygen atoms in total. The molecular weight excluding hydrogens is 206 g/mol. The van der Waals surface area contributed by atoms with Crippen LogP contribution in [0.15, 0.2) is 30.3 Å². The van der Waals surface area contributed by atoms with Crippen molar-refractivity contribution in [2.24, 2.45) is 0 Å². The number of aliphatic hydroxyl groups excluding tert-OH is 1. The monoisotopic (exact) mass is 223 g/mol. The summed E-state index contributed by atoms with van der Waals surface area (Å²) in [5, 5.41) is 21.1. The van der Waals surface area contributed by atoms with Crippen LogP contribution in [0.2, 0.25) is 0 Å². The van der Waals surface area contributed by atoms with Crippen LogP contribution in [0, 0.1) is 0 Å². The lowest BCUT2D eigenvalue weighted by atomic mass is 10.1. The third-order valence-corrected chi connectivity index (χ3v) is 2.36. The van der Waals surface area contributed by atoms with Crippen molar-refractivity contribution in [2.45, 2.75) is 32.0 Å². The average Bonchev–Trinajstić information content (AvgIpc) is 2.29. The second kappa shape index (κ2) is 6.25. The molecule has 3 N–H and O–H groups in total. The zero-order valence-electron chi connectivity index (χ0n) is 9.26. The largest absolute Gasteiger partial charge is 0.480 e. The van der Waals surface area contributed by atoms with Gasteiger partial charge in [0.05, 0.1) is 0 Å². The molecule has 0 amide bonds. The number of hydrogen-bond donors (Lipinski definition) is 3. The van der Waals surface area contributed by atoms with Gasteiger partial charge in [-0.15, -0.1) is 0 Å². The Labute approximate surface area is 94.9 Å². The van der Waals surface area contributed by atoms with Crippen molar-refractivity contribution in [1.82, 2.24) is 5.32 Å². The van der Waals surface area contributed by atoms with E-state index in [1.165, 1.54) is 0 Å². The molecule has 0 aliphatic carbocycles. The molecule has 16 heavy (non-hydrogen) atoms. The van der Waals surface area contributed by atoms with E-state index >= 15 is 0 Å². The van der Waals surface area contributed by atoms with Gasteiger partial charge in [0.25, 0.3) is 0 Å². The van der Waals surface area contributed by atoms with E-state index in [1.807, 2.05) is 30.3 Å². The summed E-state index contributed by atoms with van der Waals surface area (Å²) in [6, 6.07) is 8.60. The molecule has 0 aromatic heterocycles. The van der Waals surface area contributed by atoms with Gasteiger partial charge in [-0.25, -0.2) is 0 Å². The lowest BCUT2D eigenvalue weighted by Gasteiger charge is -2.18. The maximum absolute atomic E-state index is 11.0. The molecule has 2 atom stereocenters. The molecule has 0 aliphatic rings. The van der Waals surface area contributed by atoms with Gasteiger partial charge < -0.3 is 10.2 Å². The number of benzene rings is 1. The highest BCUT2D eigenvalue weighted by Gasteiger charge is 2.19. The predicted octanol–water partition coefficient (Wildman–Crippen LogP) is 1.00. The van der Waals surface area contributed by atoms with Crippen LogP contribution < -0.4 is 5.32 Å². The Morgan fingerprint density at radius 1 is 1.38 bits per heavy atom. The van der Waals surface area contributed by atoms with E-state index in [1.54, 1.807) is 6.92 Å². The summed E-state index contributed by atoms with van der Waals surface area (Å²) in [4.78, 5) is 11.0. The lowest BCUT2D eigenvalue weighted by Crippen LogP contribution is -2.44. The van der Waals surface area contributed by atoms with Crippen molar-refractivity contribution >= 4 is 5.97 Å². The van der Waals surface area contributed by atoms with Gasteiger partial charge >= 0.3 is 5.97 Å². The Kier molecular flexibility index (Phi) is 4.95. The Hall–Kier alpha value is -1.39. The van der Waals surface area contributed by atoms with Gasteiger partial charge in [-0.2, -0.15) is 0 Å². The SMILES string of the molecule is CCC(O)N[C@@H](Cc1ccccc1)C(=O)O. The minimum absolute atomic E-state index is 0.368. The third-order valence-electron chi connectivity index (χ3n) is 2.36. The summed E-state index contributed by atoms with van der Waals surface area (Å²) in [6.07, 6.45) is 0.0797. The Morgan fingerprint density at radius 3 is 2.50 bits per heavy atom. The van der Waals surface area contributed by atoms with Crippen LogP contribution >= 0.6 is 0 Å². The first kappa shape index (κ1) is 12.7. The van der Waals surface area contributed by atoms with Crippen molar-refractivity contribution < 1.29 is 15.0 Å². The molecule has 1 unspecified atom stereocenters. The minimum atomic E-state index is -0.948.